The average molecular weight is 341 g/mol. The lowest BCUT2D eigenvalue weighted by atomic mass is 10.00. The number of likely N-dealkylation sites (tertiary alicyclic amines) is 1. The van der Waals surface area contributed by atoms with Crippen LogP contribution in [0.2, 0.25) is 0 Å². The number of nitrogens with one attached hydrogen (secondary N) is 2. The van der Waals surface area contributed by atoms with E-state index in [4.69, 9.17) is 4.74 Å². The van der Waals surface area contributed by atoms with Crippen molar-refractivity contribution in [2.24, 2.45) is 0 Å². The SMILES string of the molecule is CC(C)NC(=O)[C@@H]1CCCCN1C(=O)[C@@H](C)NC(=O)OC(C)(C)C. The number of amides is 3. The van der Waals surface area contributed by atoms with Crippen LogP contribution in [-0.2, 0) is 14.3 Å². The molecular weight excluding hydrogens is 310 g/mol. The van der Waals surface area contributed by atoms with Crippen molar-refractivity contribution in [1.82, 2.24) is 15.5 Å². The maximum absolute atomic E-state index is 12.7. The highest BCUT2D eigenvalue weighted by atomic mass is 16.6. The number of hydrogen-bond acceptors (Lipinski definition) is 4. The van der Waals surface area contributed by atoms with Crippen LogP contribution < -0.4 is 10.6 Å². The summed E-state index contributed by atoms with van der Waals surface area (Å²) in [6, 6.07) is -1.20. The van der Waals surface area contributed by atoms with Crippen LogP contribution in [-0.4, -0.2) is 53.1 Å². The molecule has 1 heterocycles. The Morgan fingerprint density at radius 2 is 1.71 bits per heavy atom. The second-order valence-electron chi connectivity index (χ2n) is 7.57. The molecule has 2 N–H and O–H groups in total. The van der Waals surface area contributed by atoms with E-state index in [1.807, 2.05) is 13.8 Å². The van der Waals surface area contributed by atoms with Gasteiger partial charge in [0.05, 0.1) is 0 Å². The molecule has 3 amide bonds. The van der Waals surface area contributed by atoms with Gasteiger partial charge in [-0.05, 0) is 60.8 Å². The Morgan fingerprint density at radius 3 is 2.25 bits per heavy atom. The van der Waals surface area contributed by atoms with Gasteiger partial charge in [0.25, 0.3) is 0 Å². The fourth-order valence-corrected chi connectivity index (χ4v) is 2.64. The summed E-state index contributed by atoms with van der Waals surface area (Å²) >= 11 is 0. The Kier molecular flexibility index (Phi) is 7.05. The highest BCUT2D eigenvalue weighted by Gasteiger charge is 2.35. The van der Waals surface area contributed by atoms with Crippen LogP contribution in [0.3, 0.4) is 0 Å². The first kappa shape index (κ1) is 20.3. The van der Waals surface area contributed by atoms with E-state index in [9.17, 15) is 14.4 Å². The van der Waals surface area contributed by atoms with Gasteiger partial charge in [0.1, 0.15) is 17.7 Å². The van der Waals surface area contributed by atoms with E-state index in [1.54, 1.807) is 32.6 Å². The van der Waals surface area contributed by atoms with E-state index in [0.29, 0.717) is 13.0 Å². The van der Waals surface area contributed by atoms with Crippen LogP contribution >= 0.6 is 0 Å². The summed E-state index contributed by atoms with van der Waals surface area (Å²) in [5.74, 6) is -0.396. The molecule has 24 heavy (non-hydrogen) atoms. The molecule has 0 aromatic carbocycles. The number of piperidine rings is 1. The number of hydrogen-bond donors (Lipinski definition) is 2. The van der Waals surface area contributed by atoms with Crippen LogP contribution in [0.4, 0.5) is 4.79 Å². The minimum Gasteiger partial charge on any atom is -0.444 e. The Morgan fingerprint density at radius 1 is 1.08 bits per heavy atom. The third kappa shape index (κ3) is 6.37. The van der Waals surface area contributed by atoms with Crippen molar-refractivity contribution >= 4 is 17.9 Å². The van der Waals surface area contributed by atoms with Crippen molar-refractivity contribution in [3.63, 3.8) is 0 Å². The normalized spacial score (nSPS) is 19.6. The number of carbonyl (C=O) groups is 3. The first-order chi connectivity index (χ1) is 11.0. The predicted octanol–water partition coefficient (Wildman–Crippen LogP) is 1.81. The van der Waals surface area contributed by atoms with Crippen LogP contribution in [0.1, 0.15) is 60.8 Å². The van der Waals surface area contributed by atoms with Gasteiger partial charge >= 0.3 is 6.09 Å². The van der Waals surface area contributed by atoms with Gasteiger partial charge in [-0.15, -0.1) is 0 Å². The van der Waals surface area contributed by atoms with Crippen molar-refractivity contribution in [2.45, 2.75) is 84.5 Å². The lowest BCUT2D eigenvalue weighted by Crippen LogP contribution is -2.57. The fraction of sp³-hybridized carbons (Fsp3) is 0.824. The van der Waals surface area contributed by atoms with E-state index >= 15 is 0 Å². The zero-order valence-corrected chi connectivity index (χ0v) is 15.6. The molecule has 7 nitrogen and oxygen atoms in total. The maximum Gasteiger partial charge on any atom is 0.408 e. The van der Waals surface area contributed by atoms with E-state index in [-0.39, 0.29) is 17.9 Å². The largest absolute Gasteiger partial charge is 0.444 e. The zero-order chi connectivity index (χ0) is 18.5. The van der Waals surface area contributed by atoms with Crippen molar-refractivity contribution in [3.05, 3.63) is 0 Å². The molecule has 7 heteroatoms. The number of ether oxygens (including phenoxy) is 1. The van der Waals surface area contributed by atoms with Crippen LogP contribution in [0.25, 0.3) is 0 Å². The second kappa shape index (κ2) is 8.35. The third-order valence-corrected chi connectivity index (χ3v) is 3.62. The molecule has 0 aromatic rings. The summed E-state index contributed by atoms with van der Waals surface area (Å²) in [6.07, 6.45) is 1.77. The fourth-order valence-electron chi connectivity index (χ4n) is 2.64. The standard InChI is InChI=1S/C17H31N3O4/c1-11(2)18-14(21)13-9-7-8-10-20(13)15(22)12(3)19-16(23)24-17(4,5)6/h11-13H,7-10H2,1-6H3,(H,18,21)(H,19,23)/t12-,13+/m1/s1. The molecule has 1 saturated heterocycles. The second-order valence-corrected chi connectivity index (χ2v) is 7.57. The van der Waals surface area contributed by atoms with Crippen molar-refractivity contribution < 1.29 is 19.1 Å². The molecule has 0 saturated carbocycles. The monoisotopic (exact) mass is 341 g/mol. The highest BCUT2D eigenvalue weighted by Crippen LogP contribution is 2.18. The van der Waals surface area contributed by atoms with E-state index in [2.05, 4.69) is 10.6 Å². The quantitative estimate of drug-likeness (QED) is 0.816. The smallest absolute Gasteiger partial charge is 0.408 e. The minimum absolute atomic E-state index is 0.0219. The molecule has 0 spiro atoms. The number of carbonyl (C=O) groups excluding carboxylic acids is 3. The van der Waals surface area contributed by atoms with E-state index < -0.39 is 23.8 Å². The summed E-state index contributed by atoms with van der Waals surface area (Å²) in [5, 5.41) is 5.41. The van der Waals surface area contributed by atoms with Gasteiger partial charge in [0, 0.05) is 12.6 Å². The number of alkyl carbamates (subject to hydrolysis) is 1. The Balaban J connectivity index is 2.71. The molecule has 2 atom stereocenters. The summed E-state index contributed by atoms with van der Waals surface area (Å²) < 4.78 is 5.17. The molecule has 1 aliphatic rings. The number of nitrogens with zero attached hydrogens (tertiary/aromatic N) is 1. The summed E-state index contributed by atoms with van der Waals surface area (Å²) in [4.78, 5) is 38.4. The summed E-state index contributed by atoms with van der Waals surface area (Å²) in [5.41, 5.74) is -0.627. The van der Waals surface area contributed by atoms with Gasteiger partial charge in [-0.3, -0.25) is 9.59 Å². The van der Waals surface area contributed by atoms with Gasteiger partial charge in [0.15, 0.2) is 0 Å². The number of rotatable bonds is 4. The first-order valence-electron chi connectivity index (χ1n) is 8.61. The Bertz CT molecular complexity index is 471. The average Bonchev–Trinajstić information content (AvgIpc) is 2.43. The lowest BCUT2D eigenvalue weighted by Gasteiger charge is -2.36. The molecule has 0 aliphatic carbocycles. The predicted molar refractivity (Wildman–Crippen MR) is 91.5 cm³/mol. The van der Waals surface area contributed by atoms with Crippen molar-refractivity contribution in [1.29, 1.82) is 0 Å². The Labute approximate surface area is 144 Å². The van der Waals surface area contributed by atoms with E-state index in [0.717, 1.165) is 12.8 Å². The summed E-state index contributed by atoms with van der Waals surface area (Å²) in [7, 11) is 0. The molecular formula is C17H31N3O4. The third-order valence-electron chi connectivity index (χ3n) is 3.62. The van der Waals surface area contributed by atoms with Gasteiger partial charge in [0.2, 0.25) is 11.8 Å². The van der Waals surface area contributed by atoms with Gasteiger partial charge < -0.3 is 20.3 Å². The van der Waals surface area contributed by atoms with Crippen molar-refractivity contribution in [3.8, 4) is 0 Å². The van der Waals surface area contributed by atoms with Crippen LogP contribution in [0, 0.1) is 0 Å². The van der Waals surface area contributed by atoms with Crippen LogP contribution in [0.5, 0.6) is 0 Å². The zero-order valence-electron chi connectivity index (χ0n) is 15.6. The topological polar surface area (TPSA) is 87.7 Å². The summed E-state index contributed by atoms with van der Waals surface area (Å²) in [6.45, 7) is 11.2. The molecule has 138 valence electrons. The van der Waals surface area contributed by atoms with Crippen molar-refractivity contribution in [2.75, 3.05) is 6.54 Å². The minimum atomic E-state index is -0.743. The van der Waals surface area contributed by atoms with Gasteiger partial charge in [-0.1, -0.05) is 0 Å². The van der Waals surface area contributed by atoms with Gasteiger partial charge in [-0.25, -0.2) is 4.79 Å². The Hall–Kier alpha value is -1.79. The lowest BCUT2D eigenvalue weighted by molar-refractivity contribution is -0.143. The molecule has 0 unspecified atom stereocenters. The van der Waals surface area contributed by atoms with Gasteiger partial charge in [-0.2, -0.15) is 0 Å². The molecule has 1 aliphatic heterocycles. The maximum atomic E-state index is 12.7. The first-order valence-corrected chi connectivity index (χ1v) is 8.61. The molecule has 0 radical (unpaired) electrons. The van der Waals surface area contributed by atoms with Crippen LogP contribution in [0.15, 0.2) is 0 Å². The molecule has 0 aromatic heterocycles. The molecule has 1 fully saturated rings. The van der Waals surface area contributed by atoms with E-state index in [1.165, 1.54) is 0 Å². The molecule has 0 bridgehead atoms. The molecule has 1 rings (SSSR count). The highest BCUT2D eigenvalue weighted by molar-refractivity contribution is 5.91.